The number of hydrogen-bond acceptors (Lipinski definition) is 6. The second-order valence-corrected chi connectivity index (χ2v) is 8.10. The van der Waals surface area contributed by atoms with Crippen LogP contribution in [0.2, 0.25) is 0 Å². The Morgan fingerprint density at radius 1 is 0.971 bits per heavy atom. The number of hydrogen-bond donors (Lipinski definition) is 2. The Hall–Kier alpha value is -5.03. The molecule has 3 aromatic carbocycles. The number of rotatable bonds is 7. The van der Waals surface area contributed by atoms with Crippen LogP contribution in [-0.2, 0) is 6.42 Å². The van der Waals surface area contributed by atoms with E-state index in [0.717, 1.165) is 27.4 Å². The maximum absolute atomic E-state index is 13.0. The van der Waals surface area contributed by atoms with Crippen molar-refractivity contribution in [2.75, 3.05) is 6.61 Å². The zero-order chi connectivity index (χ0) is 24.4. The van der Waals surface area contributed by atoms with Gasteiger partial charge in [-0.25, -0.2) is 9.97 Å². The van der Waals surface area contributed by atoms with Crippen LogP contribution in [-0.4, -0.2) is 33.2 Å². The third-order valence-corrected chi connectivity index (χ3v) is 5.76. The number of benzene rings is 3. The molecule has 0 spiro atoms. The highest BCUT2D eigenvalue weighted by Crippen LogP contribution is 2.28. The molecule has 0 aliphatic carbocycles. The molecule has 5 rings (SSSR count). The molecular weight excluding hydrogens is 442 g/mol. The topological polar surface area (TPSA) is 135 Å². The molecule has 0 atom stereocenters. The molecule has 0 unspecified atom stereocenters. The molecule has 5 aromatic rings. The maximum Gasteiger partial charge on any atom is 0.252 e. The number of aromatic nitrogens is 3. The van der Waals surface area contributed by atoms with Crippen LogP contribution in [0.3, 0.4) is 0 Å². The molecule has 8 nitrogen and oxygen atoms in total. The van der Waals surface area contributed by atoms with E-state index in [4.69, 9.17) is 15.7 Å². The third kappa shape index (κ3) is 4.43. The summed E-state index contributed by atoms with van der Waals surface area (Å²) in [5, 5.41) is 11.3. The second kappa shape index (κ2) is 9.08. The number of primary amides is 1. The van der Waals surface area contributed by atoms with Crippen molar-refractivity contribution in [1.29, 1.82) is 5.26 Å². The summed E-state index contributed by atoms with van der Waals surface area (Å²) in [6.45, 7) is -0.266. The zero-order valence-corrected chi connectivity index (χ0v) is 18.5. The average molecular weight is 461 g/mol. The Bertz CT molecular complexity index is 1630. The summed E-state index contributed by atoms with van der Waals surface area (Å²) in [6, 6.07) is 16.2. The molecule has 170 valence electrons. The van der Waals surface area contributed by atoms with Gasteiger partial charge in [0.25, 0.3) is 5.91 Å². The Balaban J connectivity index is 1.37. The van der Waals surface area contributed by atoms with Gasteiger partial charge in [-0.1, -0.05) is 18.2 Å². The van der Waals surface area contributed by atoms with Gasteiger partial charge in [-0.15, -0.1) is 0 Å². The van der Waals surface area contributed by atoms with Gasteiger partial charge >= 0.3 is 0 Å². The highest BCUT2D eigenvalue weighted by molar-refractivity contribution is 6.09. The fraction of sp³-hybridized carbons (Fsp3) is 0.0741. The van der Waals surface area contributed by atoms with Crippen molar-refractivity contribution in [3.05, 3.63) is 101 Å². The largest absolute Gasteiger partial charge is 0.485 e. The molecule has 1 amide bonds. The number of nitrogens with one attached hydrogen (secondary N) is 1. The molecule has 8 heteroatoms. The molecule has 2 aromatic heterocycles. The van der Waals surface area contributed by atoms with Gasteiger partial charge in [0.1, 0.15) is 12.1 Å². The van der Waals surface area contributed by atoms with Crippen molar-refractivity contribution in [3.8, 4) is 11.8 Å². The van der Waals surface area contributed by atoms with E-state index in [0.29, 0.717) is 22.9 Å². The third-order valence-electron chi connectivity index (χ3n) is 5.76. The highest BCUT2D eigenvalue weighted by atomic mass is 16.5. The number of nitriles is 1. The first-order chi connectivity index (χ1) is 17.0. The normalized spacial score (nSPS) is 10.8. The van der Waals surface area contributed by atoms with Crippen LogP contribution in [0.5, 0.6) is 5.75 Å². The summed E-state index contributed by atoms with van der Waals surface area (Å²) in [7, 11) is 0. The lowest BCUT2D eigenvalue weighted by Crippen LogP contribution is -2.16. The molecule has 0 fully saturated rings. The smallest absolute Gasteiger partial charge is 0.252 e. The Labute approximate surface area is 200 Å². The lowest BCUT2D eigenvalue weighted by atomic mass is 10.0. The van der Waals surface area contributed by atoms with E-state index in [1.165, 1.54) is 6.33 Å². The molecule has 3 N–H and O–H groups in total. The number of nitrogens with two attached hydrogens (primary N) is 1. The van der Waals surface area contributed by atoms with E-state index in [9.17, 15) is 9.59 Å². The summed E-state index contributed by atoms with van der Waals surface area (Å²) in [6.07, 6.45) is 7.37. The monoisotopic (exact) mass is 461 g/mol. The number of carbonyl (C=O) groups is 2. The van der Waals surface area contributed by atoms with Crippen molar-refractivity contribution in [2.45, 2.75) is 6.42 Å². The molecule has 35 heavy (non-hydrogen) atoms. The summed E-state index contributed by atoms with van der Waals surface area (Å²) < 4.78 is 5.76. The second-order valence-electron chi connectivity index (χ2n) is 8.10. The van der Waals surface area contributed by atoms with Crippen molar-refractivity contribution < 1.29 is 14.3 Å². The van der Waals surface area contributed by atoms with E-state index >= 15 is 0 Å². The number of Topliss-reactive ketones (excluding diaryl/α,β-unsaturated/α-hetero) is 1. The zero-order valence-electron chi connectivity index (χ0n) is 18.5. The number of fused-ring (bicyclic) bond motifs is 2. The van der Waals surface area contributed by atoms with E-state index < -0.39 is 5.91 Å². The summed E-state index contributed by atoms with van der Waals surface area (Å²) in [4.78, 5) is 36.2. The SMILES string of the molecule is N#Cc1ccc2cc(OCC(=O)c3c[nH]c4cc(Cc5cncnc5)ccc34)c(C(N)=O)cc2c1. The molecule has 0 saturated heterocycles. The van der Waals surface area contributed by atoms with Gasteiger partial charge in [-0.05, 0) is 52.2 Å². The Morgan fingerprint density at radius 3 is 2.57 bits per heavy atom. The number of amides is 1. The highest BCUT2D eigenvalue weighted by Gasteiger charge is 2.17. The van der Waals surface area contributed by atoms with Gasteiger partial charge in [0.2, 0.25) is 5.78 Å². The molecule has 2 heterocycles. The van der Waals surface area contributed by atoms with Crippen molar-refractivity contribution in [2.24, 2.45) is 5.73 Å². The molecule has 0 radical (unpaired) electrons. The maximum atomic E-state index is 13.0. The van der Waals surface area contributed by atoms with Crippen molar-refractivity contribution in [3.63, 3.8) is 0 Å². The van der Waals surface area contributed by atoms with Gasteiger partial charge in [-0.2, -0.15) is 5.26 Å². The lowest BCUT2D eigenvalue weighted by Gasteiger charge is -2.11. The Kier molecular flexibility index (Phi) is 5.65. The van der Waals surface area contributed by atoms with Crippen LogP contribution < -0.4 is 10.5 Å². The van der Waals surface area contributed by atoms with Gasteiger partial charge in [0.15, 0.2) is 6.61 Å². The fourth-order valence-corrected chi connectivity index (χ4v) is 4.05. The van der Waals surface area contributed by atoms with Gasteiger partial charge < -0.3 is 15.5 Å². The van der Waals surface area contributed by atoms with Crippen LogP contribution in [0.15, 0.2) is 73.4 Å². The minimum atomic E-state index is -0.680. The first kappa shape index (κ1) is 21.8. The first-order valence-corrected chi connectivity index (χ1v) is 10.8. The average Bonchev–Trinajstić information content (AvgIpc) is 3.30. The van der Waals surface area contributed by atoms with Crippen molar-refractivity contribution in [1.82, 2.24) is 15.0 Å². The van der Waals surface area contributed by atoms with E-state index in [1.807, 2.05) is 18.2 Å². The quantitative estimate of drug-likeness (QED) is 0.353. The van der Waals surface area contributed by atoms with Crippen LogP contribution in [0.4, 0.5) is 0 Å². The number of ketones is 1. The predicted molar refractivity (Wildman–Crippen MR) is 130 cm³/mol. The molecule has 0 saturated carbocycles. The van der Waals surface area contributed by atoms with Gasteiger partial charge in [-0.3, -0.25) is 9.59 Å². The summed E-state index contributed by atoms with van der Waals surface area (Å²) >= 11 is 0. The van der Waals surface area contributed by atoms with Crippen LogP contribution in [0.25, 0.3) is 21.7 Å². The molecule has 0 bridgehead atoms. The van der Waals surface area contributed by atoms with E-state index in [1.54, 1.807) is 48.9 Å². The van der Waals surface area contributed by atoms with Crippen molar-refractivity contribution >= 4 is 33.4 Å². The van der Waals surface area contributed by atoms with E-state index in [-0.39, 0.29) is 23.7 Å². The van der Waals surface area contributed by atoms with Crippen LogP contribution >= 0.6 is 0 Å². The number of H-pyrrole nitrogens is 1. The number of nitrogens with zero attached hydrogens (tertiary/aromatic N) is 3. The fourth-order valence-electron chi connectivity index (χ4n) is 4.05. The summed E-state index contributed by atoms with van der Waals surface area (Å²) in [5.74, 6) is -0.703. The van der Waals surface area contributed by atoms with Crippen LogP contribution in [0, 0.1) is 11.3 Å². The minimum absolute atomic E-state index is 0.147. The molecule has 0 aliphatic rings. The molecule has 0 aliphatic heterocycles. The Morgan fingerprint density at radius 2 is 1.80 bits per heavy atom. The number of aromatic amines is 1. The first-order valence-electron chi connectivity index (χ1n) is 10.8. The molecular formula is C27H19N5O3. The van der Waals surface area contributed by atoms with E-state index in [2.05, 4.69) is 21.0 Å². The number of carbonyl (C=O) groups excluding carboxylic acids is 2. The summed E-state index contributed by atoms with van der Waals surface area (Å²) in [5.41, 5.74) is 9.54. The lowest BCUT2D eigenvalue weighted by molar-refractivity contribution is 0.0914. The minimum Gasteiger partial charge on any atom is -0.485 e. The van der Waals surface area contributed by atoms with Gasteiger partial charge in [0.05, 0.1) is 17.2 Å². The number of ether oxygens (including phenoxy) is 1. The predicted octanol–water partition coefficient (Wildman–Crippen LogP) is 3.93. The standard InChI is InChI=1S/C27H19N5O3/c28-10-17-1-3-19-9-26(22(27(29)34)8-20(19)6-17)35-14-25(33)23-13-32-24-7-16(2-4-21(23)24)5-18-11-30-15-31-12-18/h1-4,6-9,11-13,15,32H,5,14H2,(H2,29,34). The van der Waals surface area contributed by atoms with Crippen LogP contribution in [0.1, 0.15) is 37.4 Å². The van der Waals surface area contributed by atoms with Gasteiger partial charge in [0, 0.05) is 41.5 Å².